The van der Waals surface area contributed by atoms with E-state index in [1.165, 1.54) is 0 Å². The van der Waals surface area contributed by atoms with Crippen molar-refractivity contribution in [1.29, 1.82) is 0 Å². The molecule has 0 saturated heterocycles. The topological polar surface area (TPSA) is 82.8 Å². The third-order valence-corrected chi connectivity index (χ3v) is 5.04. The number of nitrogens with zero attached hydrogens (tertiary/aromatic N) is 1. The highest BCUT2D eigenvalue weighted by Gasteiger charge is 2.18. The van der Waals surface area contributed by atoms with Crippen LogP contribution in [0.25, 0.3) is 22.6 Å². The molecular weight excluding hydrogens is 408 g/mol. The van der Waals surface area contributed by atoms with Crippen LogP contribution in [0.1, 0.15) is 21.5 Å². The first-order valence-electron chi connectivity index (χ1n) is 10.0. The summed E-state index contributed by atoms with van der Waals surface area (Å²) >= 11 is 0. The maximum Gasteiger partial charge on any atom is 0.255 e. The predicted molar refractivity (Wildman–Crippen MR) is 123 cm³/mol. The number of benzene rings is 3. The van der Waals surface area contributed by atoms with Crippen molar-refractivity contribution in [2.24, 2.45) is 0 Å². The van der Waals surface area contributed by atoms with Gasteiger partial charge in [-0.1, -0.05) is 17.2 Å². The summed E-state index contributed by atoms with van der Waals surface area (Å²) in [6.07, 6.45) is 0. The van der Waals surface area contributed by atoms with E-state index in [1.807, 2.05) is 32.0 Å². The molecule has 0 aliphatic carbocycles. The summed E-state index contributed by atoms with van der Waals surface area (Å²) < 4.78 is 22.1. The van der Waals surface area contributed by atoms with Gasteiger partial charge in [-0.05, 0) is 56.3 Å². The number of rotatable bonds is 6. The molecule has 0 aliphatic heterocycles. The van der Waals surface area contributed by atoms with Gasteiger partial charge in [-0.3, -0.25) is 4.79 Å². The fraction of sp³-hybridized carbons (Fsp3) is 0.200. The average Bonchev–Trinajstić information content (AvgIpc) is 3.20. The lowest BCUT2D eigenvalue weighted by Crippen LogP contribution is -2.12. The van der Waals surface area contributed by atoms with E-state index < -0.39 is 0 Å². The van der Waals surface area contributed by atoms with Crippen LogP contribution in [-0.2, 0) is 0 Å². The Morgan fingerprint density at radius 3 is 2.12 bits per heavy atom. The number of fused-ring (bicyclic) bond motifs is 1. The number of carbonyl (C=O) groups is 1. The molecule has 0 saturated carbocycles. The molecule has 4 aromatic rings. The van der Waals surface area contributed by atoms with Crippen LogP contribution in [0.5, 0.6) is 17.2 Å². The number of carbonyl (C=O) groups excluding carboxylic acids is 1. The van der Waals surface area contributed by atoms with E-state index in [1.54, 1.807) is 51.7 Å². The zero-order chi connectivity index (χ0) is 22.8. The lowest BCUT2D eigenvalue weighted by atomic mass is 10.1. The number of hydrogen-bond acceptors (Lipinski definition) is 6. The number of ether oxygens (including phenoxy) is 3. The lowest BCUT2D eigenvalue weighted by molar-refractivity contribution is 0.102. The largest absolute Gasteiger partial charge is 0.493 e. The summed E-state index contributed by atoms with van der Waals surface area (Å²) in [7, 11) is 4.66. The van der Waals surface area contributed by atoms with Gasteiger partial charge in [0.05, 0.1) is 21.3 Å². The Labute approximate surface area is 185 Å². The first-order chi connectivity index (χ1) is 15.4. The number of amides is 1. The minimum atomic E-state index is -0.176. The second-order valence-corrected chi connectivity index (χ2v) is 7.45. The molecule has 0 atom stereocenters. The number of aromatic nitrogens is 1. The number of aryl methyl sites for hydroxylation is 2. The molecule has 1 aromatic heterocycles. The standard InChI is InChI=1S/C25H24N2O5/c1-14-8-15(2)10-16(9-14)24(28)26-18-6-7-20-19(13-18)27-25(32-20)17-11-21(29-3)23(31-5)22(12-17)30-4/h6-13H,1-5H3,(H,26,28). The Morgan fingerprint density at radius 2 is 1.53 bits per heavy atom. The average molecular weight is 432 g/mol. The molecule has 0 bridgehead atoms. The molecule has 0 fully saturated rings. The zero-order valence-electron chi connectivity index (χ0n) is 18.6. The molecule has 0 spiro atoms. The maximum atomic E-state index is 12.7. The Morgan fingerprint density at radius 1 is 0.875 bits per heavy atom. The third-order valence-electron chi connectivity index (χ3n) is 5.04. The van der Waals surface area contributed by atoms with Gasteiger partial charge < -0.3 is 23.9 Å². The monoisotopic (exact) mass is 432 g/mol. The van der Waals surface area contributed by atoms with Gasteiger partial charge in [-0.2, -0.15) is 0 Å². The Hall–Kier alpha value is -4.00. The second kappa shape index (κ2) is 8.63. The summed E-state index contributed by atoms with van der Waals surface area (Å²) in [5.74, 6) is 1.73. The van der Waals surface area contributed by atoms with E-state index in [0.717, 1.165) is 11.1 Å². The Kier molecular flexibility index (Phi) is 5.73. The van der Waals surface area contributed by atoms with Gasteiger partial charge in [0.25, 0.3) is 5.91 Å². The highest BCUT2D eigenvalue weighted by molar-refractivity contribution is 6.05. The third kappa shape index (κ3) is 4.09. The van der Waals surface area contributed by atoms with Crippen LogP contribution in [0, 0.1) is 13.8 Å². The van der Waals surface area contributed by atoms with Crippen LogP contribution < -0.4 is 19.5 Å². The number of nitrogens with one attached hydrogen (secondary N) is 1. The maximum absolute atomic E-state index is 12.7. The van der Waals surface area contributed by atoms with Gasteiger partial charge in [0.15, 0.2) is 17.1 Å². The fourth-order valence-electron chi connectivity index (χ4n) is 3.64. The summed E-state index contributed by atoms with van der Waals surface area (Å²) in [6, 6.07) is 14.6. The Bertz CT molecular complexity index is 1260. The lowest BCUT2D eigenvalue weighted by Gasteiger charge is -2.12. The summed E-state index contributed by atoms with van der Waals surface area (Å²) in [5.41, 5.74) is 5.21. The summed E-state index contributed by atoms with van der Waals surface area (Å²) in [5, 5.41) is 2.93. The molecule has 3 aromatic carbocycles. The van der Waals surface area contributed by atoms with Gasteiger partial charge in [-0.15, -0.1) is 0 Å². The van der Waals surface area contributed by atoms with Crippen LogP contribution in [0.3, 0.4) is 0 Å². The molecule has 0 radical (unpaired) electrons. The SMILES string of the molecule is COc1cc(-c2nc3cc(NC(=O)c4cc(C)cc(C)c4)ccc3o2)cc(OC)c1OC. The number of oxazole rings is 1. The van der Waals surface area contributed by atoms with Crippen molar-refractivity contribution < 1.29 is 23.4 Å². The second-order valence-electron chi connectivity index (χ2n) is 7.45. The first kappa shape index (κ1) is 21.2. The van der Waals surface area contributed by atoms with Gasteiger partial charge in [0, 0.05) is 16.8 Å². The molecule has 0 unspecified atom stereocenters. The van der Waals surface area contributed by atoms with Gasteiger partial charge in [-0.25, -0.2) is 4.98 Å². The van der Waals surface area contributed by atoms with Crippen molar-refractivity contribution in [2.45, 2.75) is 13.8 Å². The normalized spacial score (nSPS) is 10.8. The number of methoxy groups -OCH3 is 3. The minimum absolute atomic E-state index is 0.176. The van der Waals surface area contributed by atoms with Crippen LogP contribution in [-0.4, -0.2) is 32.2 Å². The van der Waals surface area contributed by atoms with Crippen molar-refractivity contribution in [2.75, 3.05) is 26.6 Å². The molecular formula is C25H24N2O5. The van der Waals surface area contributed by atoms with Crippen molar-refractivity contribution in [3.8, 4) is 28.7 Å². The predicted octanol–water partition coefficient (Wildman–Crippen LogP) is 5.39. The van der Waals surface area contributed by atoms with E-state index in [-0.39, 0.29) is 5.91 Å². The van der Waals surface area contributed by atoms with E-state index in [2.05, 4.69) is 10.3 Å². The quantitative estimate of drug-likeness (QED) is 0.440. The van der Waals surface area contributed by atoms with E-state index in [0.29, 0.717) is 51.1 Å². The number of anilines is 1. The van der Waals surface area contributed by atoms with Crippen LogP contribution in [0.4, 0.5) is 5.69 Å². The van der Waals surface area contributed by atoms with Crippen LogP contribution in [0.15, 0.2) is 52.9 Å². The molecule has 32 heavy (non-hydrogen) atoms. The van der Waals surface area contributed by atoms with E-state index in [9.17, 15) is 4.79 Å². The van der Waals surface area contributed by atoms with Crippen molar-refractivity contribution in [3.05, 3.63) is 65.2 Å². The first-order valence-corrected chi connectivity index (χ1v) is 10.0. The minimum Gasteiger partial charge on any atom is -0.493 e. The van der Waals surface area contributed by atoms with Crippen LogP contribution >= 0.6 is 0 Å². The van der Waals surface area contributed by atoms with Crippen molar-refractivity contribution in [1.82, 2.24) is 4.98 Å². The highest BCUT2D eigenvalue weighted by Crippen LogP contribution is 2.41. The molecule has 7 nitrogen and oxygen atoms in total. The summed E-state index contributed by atoms with van der Waals surface area (Å²) in [4.78, 5) is 17.3. The van der Waals surface area contributed by atoms with Crippen molar-refractivity contribution in [3.63, 3.8) is 0 Å². The molecule has 0 aliphatic rings. The zero-order valence-corrected chi connectivity index (χ0v) is 18.6. The molecule has 164 valence electrons. The molecule has 1 amide bonds. The van der Waals surface area contributed by atoms with Gasteiger partial charge >= 0.3 is 0 Å². The number of hydrogen-bond donors (Lipinski definition) is 1. The van der Waals surface area contributed by atoms with E-state index in [4.69, 9.17) is 18.6 Å². The van der Waals surface area contributed by atoms with Gasteiger partial charge in [0.1, 0.15) is 5.52 Å². The van der Waals surface area contributed by atoms with Crippen molar-refractivity contribution >= 4 is 22.7 Å². The molecule has 7 heteroatoms. The molecule has 1 N–H and O–H groups in total. The summed E-state index contributed by atoms with van der Waals surface area (Å²) in [6.45, 7) is 3.94. The molecule has 1 heterocycles. The Balaban J connectivity index is 1.66. The van der Waals surface area contributed by atoms with Gasteiger partial charge in [0.2, 0.25) is 11.6 Å². The smallest absolute Gasteiger partial charge is 0.255 e. The fourth-order valence-corrected chi connectivity index (χ4v) is 3.64. The van der Waals surface area contributed by atoms with Crippen LogP contribution in [0.2, 0.25) is 0 Å². The van der Waals surface area contributed by atoms with E-state index >= 15 is 0 Å². The highest BCUT2D eigenvalue weighted by atomic mass is 16.5. The molecule has 4 rings (SSSR count).